The number of rotatable bonds is 6. The fourth-order valence-electron chi connectivity index (χ4n) is 1.34. The van der Waals surface area contributed by atoms with Crippen LogP contribution < -0.4 is 14.8 Å². The number of methoxy groups -OCH3 is 2. The zero-order valence-corrected chi connectivity index (χ0v) is 10.9. The first-order valence-electron chi connectivity index (χ1n) is 5.59. The summed E-state index contributed by atoms with van der Waals surface area (Å²) in [5, 5.41) is 12.4. The van der Waals surface area contributed by atoms with Crippen molar-refractivity contribution in [2.45, 2.75) is 13.8 Å². The van der Waals surface area contributed by atoms with E-state index < -0.39 is 0 Å². The fourth-order valence-corrected chi connectivity index (χ4v) is 1.34. The van der Waals surface area contributed by atoms with Crippen molar-refractivity contribution in [3.8, 4) is 11.5 Å². The third kappa shape index (κ3) is 3.82. The predicted molar refractivity (Wildman–Crippen MR) is 68.9 cm³/mol. The van der Waals surface area contributed by atoms with E-state index in [0.29, 0.717) is 18.0 Å². The first kappa shape index (κ1) is 13.6. The highest BCUT2D eigenvalue weighted by Crippen LogP contribution is 2.30. The van der Waals surface area contributed by atoms with Gasteiger partial charge in [0.1, 0.15) is 0 Å². The van der Waals surface area contributed by atoms with Crippen molar-refractivity contribution in [1.29, 1.82) is 0 Å². The Balaban J connectivity index is 2.73. The van der Waals surface area contributed by atoms with Gasteiger partial charge in [0, 0.05) is 30.3 Å². The van der Waals surface area contributed by atoms with E-state index in [1.807, 2.05) is 32.0 Å². The van der Waals surface area contributed by atoms with Gasteiger partial charge in [-0.2, -0.15) is 0 Å². The van der Waals surface area contributed by atoms with Crippen molar-refractivity contribution in [3.63, 3.8) is 0 Å². The molecule has 0 amide bonds. The number of aliphatic hydroxyl groups excluding tert-OH is 1. The van der Waals surface area contributed by atoms with Gasteiger partial charge >= 0.3 is 0 Å². The second kappa shape index (κ2) is 5.77. The van der Waals surface area contributed by atoms with E-state index in [2.05, 4.69) is 5.32 Å². The van der Waals surface area contributed by atoms with Gasteiger partial charge in [0.25, 0.3) is 0 Å². The summed E-state index contributed by atoms with van der Waals surface area (Å²) < 4.78 is 10.4. The SMILES string of the molecule is COc1ccc(NCC(C)(C)CO)cc1OC. The van der Waals surface area contributed by atoms with Gasteiger partial charge in [-0.25, -0.2) is 0 Å². The Labute approximate surface area is 103 Å². The molecule has 0 bridgehead atoms. The molecule has 0 unspecified atom stereocenters. The van der Waals surface area contributed by atoms with Gasteiger partial charge in [0.15, 0.2) is 11.5 Å². The van der Waals surface area contributed by atoms with Crippen molar-refractivity contribution < 1.29 is 14.6 Å². The molecule has 0 aliphatic rings. The molecule has 4 nitrogen and oxygen atoms in total. The normalized spacial score (nSPS) is 11.1. The Morgan fingerprint density at radius 2 is 1.82 bits per heavy atom. The number of hydrogen-bond acceptors (Lipinski definition) is 4. The molecule has 0 aliphatic heterocycles. The van der Waals surface area contributed by atoms with E-state index >= 15 is 0 Å². The standard InChI is InChI=1S/C13H21NO3/c1-13(2,9-15)8-14-10-5-6-11(16-3)12(7-10)17-4/h5-7,14-15H,8-9H2,1-4H3. The summed E-state index contributed by atoms with van der Waals surface area (Å²) in [6, 6.07) is 5.66. The lowest BCUT2D eigenvalue weighted by Gasteiger charge is -2.22. The summed E-state index contributed by atoms with van der Waals surface area (Å²) in [5.74, 6) is 1.40. The summed E-state index contributed by atoms with van der Waals surface area (Å²) >= 11 is 0. The highest BCUT2D eigenvalue weighted by atomic mass is 16.5. The Morgan fingerprint density at radius 1 is 1.18 bits per heavy atom. The Morgan fingerprint density at radius 3 is 2.35 bits per heavy atom. The van der Waals surface area contributed by atoms with Crippen LogP contribution in [0, 0.1) is 5.41 Å². The van der Waals surface area contributed by atoms with Crippen molar-refractivity contribution in [2.24, 2.45) is 5.41 Å². The van der Waals surface area contributed by atoms with Crippen molar-refractivity contribution in [1.82, 2.24) is 0 Å². The van der Waals surface area contributed by atoms with Crippen LogP contribution in [0.2, 0.25) is 0 Å². The second-order valence-corrected chi connectivity index (χ2v) is 4.75. The smallest absolute Gasteiger partial charge is 0.162 e. The largest absolute Gasteiger partial charge is 0.493 e. The number of aliphatic hydroxyl groups is 1. The molecule has 0 saturated heterocycles. The zero-order chi connectivity index (χ0) is 12.9. The van der Waals surface area contributed by atoms with Crippen LogP contribution in [-0.4, -0.2) is 32.5 Å². The maximum atomic E-state index is 9.17. The van der Waals surface area contributed by atoms with Gasteiger partial charge < -0.3 is 19.9 Å². The summed E-state index contributed by atoms with van der Waals surface area (Å²) in [4.78, 5) is 0. The van der Waals surface area contributed by atoms with Crippen molar-refractivity contribution in [2.75, 3.05) is 32.7 Å². The molecule has 2 N–H and O–H groups in total. The lowest BCUT2D eigenvalue weighted by Crippen LogP contribution is -2.26. The average Bonchev–Trinajstić information content (AvgIpc) is 2.36. The Bertz CT molecular complexity index is 364. The Kier molecular flexibility index (Phi) is 4.63. The van der Waals surface area contributed by atoms with E-state index in [1.54, 1.807) is 14.2 Å². The van der Waals surface area contributed by atoms with Crippen molar-refractivity contribution in [3.05, 3.63) is 18.2 Å². The second-order valence-electron chi connectivity index (χ2n) is 4.75. The lowest BCUT2D eigenvalue weighted by atomic mass is 9.95. The lowest BCUT2D eigenvalue weighted by molar-refractivity contribution is 0.171. The summed E-state index contributed by atoms with van der Waals surface area (Å²) in [5.41, 5.74) is 0.803. The van der Waals surface area contributed by atoms with Gasteiger partial charge in [-0.15, -0.1) is 0 Å². The first-order valence-corrected chi connectivity index (χ1v) is 5.59. The van der Waals surface area contributed by atoms with Crippen LogP contribution in [0.1, 0.15) is 13.8 Å². The molecule has 0 saturated carbocycles. The van der Waals surface area contributed by atoms with Crippen LogP contribution in [-0.2, 0) is 0 Å². The molecule has 0 aromatic heterocycles. The molecule has 0 spiro atoms. The molecule has 0 atom stereocenters. The third-order valence-corrected chi connectivity index (χ3v) is 2.58. The number of benzene rings is 1. The highest BCUT2D eigenvalue weighted by molar-refractivity contribution is 5.54. The molecule has 1 rings (SSSR count). The number of anilines is 1. The number of hydrogen-bond donors (Lipinski definition) is 2. The van der Waals surface area contributed by atoms with E-state index in [0.717, 1.165) is 5.69 Å². The molecule has 0 fully saturated rings. The van der Waals surface area contributed by atoms with Gasteiger partial charge in [-0.1, -0.05) is 13.8 Å². The van der Waals surface area contributed by atoms with Gasteiger partial charge in [0.2, 0.25) is 0 Å². The minimum Gasteiger partial charge on any atom is -0.493 e. The minimum absolute atomic E-state index is 0.146. The molecule has 0 aliphatic carbocycles. The monoisotopic (exact) mass is 239 g/mol. The van der Waals surface area contributed by atoms with Crippen LogP contribution in [0.15, 0.2) is 18.2 Å². The fraction of sp³-hybridized carbons (Fsp3) is 0.538. The summed E-state index contributed by atoms with van der Waals surface area (Å²) in [6.07, 6.45) is 0. The molecule has 1 aromatic carbocycles. The Hall–Kier alpha value is -1.42. The average molecular weight is 239 g/mol. The zero-order valence-electron chi connectivity index (χ0n) is 10.9. The van der Waals surface area contributed by atoms with Crippen LogP contribution in [0.5, 0.6) is 11.5 Å². The van der Waals surface area contributed by atoms with Gasteiger partial charge in [-0.3, -0.25) is 0 Å². The van der Waals surface area contributed by atoms with E-state index in [9.17, 15) is 5.11 Å². The van der Waals surface area contributed by atoms with Gasteiger partial charge in [0.05, 0.1) is 14.2 Å². The summed E-state index contributed by atoms with van der Waals surface area (Å²) in [6.45, 7) is 4.84. The minimum atomic E-state index is -0.146. The summed E-state index contributed by atoms with van der Waals surface area (Å²) in [7, 11) is 3.22. The van der Waals surface area contributed by atoms with Crippen LogP contribution in [0.3, 0.4) is 0 Å². The number of ether oxygens (including phenoxy) is 2. The van der Waals surface area contributed by atoms with Crippen LogP contribution >= 0.6 is 0 Å². The quantitative estimate of drug-likeness (QED) is 0.798. The highest BCUT2D eigenvalue weighted by Gasteiger charge is 2.16. The van der Waals surface area contributed by atoms with E-state index in [1.165, 1.54) is 0 Å². The van der Waals surface area contributed by atoms with E-state index in [4.69, 9.17) is 9.47 Å². The first-order chi connectivity index (χ1) is 8.02. The third-order valence-electron chi connectivity index (χ3n) is 2.58. The van der Waals surface area contributed by atoms with Crippen LogP contribution in [0.25, 0.3) is 0 Å². The number of nitrogens with one attached hydrogen (secondary N) is 1. The molecular formula is C13H21NO3. The topological polar surface area (TPSA) is 50.7 Å². The maximum absolute atomic E-state index is 9.17. The molecule has 96 valence electrons. The predicted octanol–water partition coefficient (Wildman–Crippen LogP) is 2.13. The van der Waals surface area contributed by atoms with E-state index in [-0.39, 0.29) is 12.0 Å². The molecule has 4 heteroatoms. The van der Waals surface area contributed by atoms with Crippen molar-refractivity contribution >= 4 is 5.69 Å². The molecule has 1 aromatic rings. The molecular weight excluding hydrogens is 218 g/mol. The van der Waals surface area contributed by atoms with Crippen LogP contribution in [0.4, 0.5) is 5.69 Å². The molecule has 0 heterocycles. The van der Waals surface area contributed by atoms with Gasteiger partial charge in [-0.05, 0) is 12.1 Å². The maximum Gasteiger partial charge on any atom is 0.162 e. The molecule has 17 heavy (non-hydrogen) atoms. The molecule has 0 radical (unpaired) electrons.